The maximum atomic E-state index is 11.0. The minimum Gasteiger partial charge on any atom is -0.458 e. The second-order valence-corrected chi connectivity index (χ2v) is 4.50. The highest BCUT2D eigenvalue weighted by atomic mass is 32.1. The van der Waals surface area contributed by atoms with E-state index in [0.717, 1.165) is 16.5 Å². The number of nitrogens with zero attached hydrogens (tertiary/aromatic N) is 1. The lowest BCUT2D eigenvalue weighted by Gasteiger charge is -1.97. The van der Waals surface area contributed by atoms with Crippen LogP contribution < -0.4 is 5.32 Å². The molecule has 0 spiro atoms. The molecule has 0 bridgehead atoms. The van der Waals surface area contributed by atoms with Crippen molar-refractivity contribution < 1.29 is 9.21 Å². The fourth-order valence-electron chi connectivity index (χ4n) is 1.33. The molecular formula is C12H12N2O2S. The van der Waals surface area contributed by atoms with E-state index in [0.29, 0.717) is 12.3 Å². The molecule has 0 saturated heterocycles. The Labute approximate surface area is 103 Å². The van der Waals surface area contributed by atoms with Crippen LogP contribution in [0.25, 0.3) is 11.5 Å². The van der Waals surface area contributed by atoms with Gasteiger partial charge < -0.3 is 9.73 Å². The Morgan fingerprint density at radius 2 is 2.47 bits per heavy atom. The van der Waals surface area contributed by atoms with Gasteiger partial charge in [-0.3, -0.25) is 4.79 Å². The van der Waals surface area contributed by atoms with E-state index in [1.54, 1.807) is 11.3 Å². The van der Waals surface area contributed by atoms with Crippen molar-refractivity contribution in [3.63, 3.8) is 0 Å². The number of thiazole rings is 1. The lowest BCUT2D eigenvalue weighted by molar-refractivity contribution is -0.116. The van der Waals surface area contributed by atoms with Gasteiger partial charge in [0.05, 0.1) is 11.6 Å². The zero-order valence-corrected chi connectivity index (χ0v) is 10.2. The molecule has 5 heteroatoms. The Kier molecular flexibility index (Phi) is 3.39. The van der Waals surface area contributed by atoms with E-state index in [1.165, 1.54) is 6.08 Å². The Morgan fingerprint density at radius 3 is 3.12 bits per heavy atom. The van der Waals surface area contributed by atoms with Crippen LogP contribution in [0.15, 0.2) is 34.6 Å². The standard InChI is InChI=1S/C12H12N2O2S/c1-3-12(15)13-6-9-4-5-11(16-9)10-7-17-8(2)14-10/h3-5,7H,1,6H2,2H3,(H,13,15). The molecule has 0 saturated carbocycles. The monoisotopic (exact) mass is 248 g/mol. The zero-order valence-electron chi connectivity index (χ0n) is 9.40. The summed E-state index contributed by atoms with van der Waals surface area (Å²) in [6, 6.07) is 3.68. The Bertz CT molecular complexity index is 542. The minimum atomic E-state index is -0.215. The van der Waals surface area contributed by atoms with Crippen molar-refractivity contribution >= 4 is 17.2 Å². The number of hydrogen-bond acceptors (Lipinski definition) is 4. The summed E-state index contributed by atoms with van der Waals surface area (Å²) in [7, 11) is 0. The van der Waals surface area contributed by atoms with Gasteiger partial charge in [-0.15, -0.1) is 11.3 Å². The molecule has 1 amide bonds. The first-order chi connectivity index (χ1) is 8.19. The highest BCUT2D eigenvalue weighted by Crippen LogP contribution is 2.23. The topological polar surface area (TPSA) is 55.1 Å². The van der Waals surface area contributed by atoms with Crippen molar-refractivity contribution in [2.75, 3.05) is 0 Å². The van der Waals surface area contributed by atoms with E-state index < -0.39 is 0 Å². The number of carbonyl (C=O) groups is 1. The maximum absolute atomic E-state index is 11.0. The molecule has 2 rings (SSSR count). The van der Waals surface area contributed by atoms with Crippen molar-refractivity contribution in [1.29, 1.82) is 0 Å². The minimum absolute atomic E-state index is 0.215. The summed E-state index contributed by atoms with van der Waals surface area (Å²) < 4.78 is 5.57. The number of hydrogen-bond donors (Lipinski definition) is 1. The fourth-order valence-corrected chi connectivity index (χ4v) is 1.94. The van der Waals surface area contributed by atoms with E-state index in [4.69, 9.17) is 4.42 Å². The van der Waals surface area contributed by atoms with Crippen LogP contribution in [-0.4, -0.2) is 10.9 Å². The fraction of sp³-hybridized carbons (Fsp3) is 0.167. The molecule has 2 heterocycles. The molecule has 0 aromatic carbocycles. The quantitative estimate of drug-likeness (QED) is 0.846. The maximum Gasteiger partial charge on any atom is 0.243 e. The molecule has 4 nitrogen and oxygen atoms in total. The van der Waals surface area contributed by atoms with Crippen LogP contribution in [0.4, 0.5) is 0 Å². The Balaban J connectivity index is 2.06. The third-order valence-electron chi connectivity index (χ3n) is 2.16. The van der Waals surface area contributed by atoms with Gasteiger partial charge in [-0.1, -0.05) is 6.58 Å². The molecule has 0 aliphatic carbocycles. The van der Waals surface area contributed by atoms with Gasteiger partial charge >= 0.3 is 0 Å². The van der Waals surface area contributed by atoms with Crippen LogP contribution in [0.1, 0.15) is 10.8 Å². The van der Waals surface area contributed by atoms with Crippen LogP contribution in [0.2, 0.25) is 0 Å². The Morgan fingerprint density at radius 1 is 1.65 bits per heavy atom. The third kappa shape index (κ3) is 2.82. The molecule has 88 valence electrons. The molecule has 17 heavy (non-hydrogen) atoms. The molecule has 0 aliphatic rings. The number of aryl methyl sites for hydroxylation is 1. The van der Waals surface area contributed by atoms with Crippen LogP contribution in [0.3, 0.4) is 0 Å². The first-order valence-electron chi connectivity index (χ1n) is 5.10. The van der Waals surface area contributed by atoms with Gasteiger partial charge in [-0.25, -0.2) is 4.98 Å². The van der Waals surface area contributed by atoms with Crippen molar-refractivity contribution in [2.45, 2.75) is 13.5 Å². The normalized spacial score (nSPS) is 10.2. The number of nitrogens with one attached hydrogen (secondary N) is 1. The average Bonchev–Trinajstić information content (AvgIpc) is 2.94. The van der Waals surface area contributed by atoms with E-state index in [2.05, 4.69) is 16.9 Å². The van der Waals surface area contributed by atoms with E-state index in [1.807, 2.05) is 24.4 Å². The average molecular weight is 248 g/mol. The van der Waals surface area contributed by atoms with Crippen molar-refractivity contribution in [1.82, 2.24) is 10.3 Å². The van der Waals surface area contributed by atoms with Crippen LogP contribution in [0.5, 0.6) is 0 Å². The number of rotatable bonds is 4. The number of amides is 1. The third-order valence-corrected chi connectivity index (χ3v) is 2.93. The largest absolute Gasteiger partial charge is 0.458 e. The molecule has 2 aromatic heterocycles. The molecule has 2 aromatic rings. The van der Waals surface area contributed by atoms with Crippen LogP contribution in [0, 0.1) is 6.92 Å². The summed E-state index contributed by atoms with van der Waals surface area (Å²) in [6.07, 6.45) is 1.23. The summed E-state index contributed by atoms with van der Waals surface area (Å²) >= 11 is 1.58. The van der Waals surface area contributed by atoms with Gasteiger partial charge in [0.2, 0.25) is 5.91 Å². The molecular weight excluding hydrogens is 236 g/mol. The molecule has 0 fully saturated rings. The predicted molar refractivity (Wildman–Crippen MR) is 66.6 cm³/mol. The highest BCUT2D eigenvalue weighted by Gasteiger charge is 2.07. The Hall–Kier alpha value is -1.88. The summed E-state index contributed by atoms with van der Waals surface area (Å²) in [6.45, 7) is 5.68. The smallest absolute Gasteiger partial charge is 0.243 e. The van der Waals surface area contributed by atoms with E-state index >= 15 is 0 Å². The van der Waals surface area contributed by atoms with Crippen molar-refractivity contribution in [3.8, 4) is 11.5 Å². The van der Waals surface area contributed by atoms with E-state index in [-0.39, 0.29) is 5.91 Å². The van der Waals surface area contributed by atoms with Crippen molar-refractivity contribution in [2.24, 2.45) is 0 Å². The van der Waals surface area contributed by atoms with Gasteiger partial charge in [-0.05, 0) is 25.1 Å². The van der Waals surface area contributed by atoms with Gasteiger partial charge in [0.15, 0.2) is 5.76 Å². The zero-order chi connectivity index (χ0) is 12.3. The second-order valence-electron chi connectivity index (χ2n) is 3.44. The first-order valence-corrected chi connectivity index (χ1v) is 5.98. The van der Waals surface area contributed by atoms with Crippen LogP contribution >= 0.6 is 11.3 Å². The summed E-state index contributed by atoms with van der Waals surface area (Å²) in [5, 5.41) is 5.59. The number of furan rings is 1. The SMILES string of the molecule is C=CC(=O)NCc1ccc(-c2csc(C)n2)o1. The van der Waals surface area contributed by atoms with Gasteiger partial charge in [0.1, 0.15) is 11.5 Å². The second kappa shape index (κ2) is 4.97. The molecule has 0 atom stereocenters. The predicted octanol–water partition coefficient (Wildman–Crippen LogP) is 2.51. The number of aromatic nitrogens is 1. The molecule has 0 aliphatic heterocycles. The van der Waals surface area contributed by atoms with Crippen LogP contribution in [-0.2, 0) is 11.3 Å². The number of carbonyl (C=O) groups excluding carboxylic acids is 1. The highest BCUT2D eigenvalue weighted by molar-refractivity contribution is 7.09. The lowest BCUT2D eigenvalue weighted by atomic mass is 10.3. The van der Waals surface area contributed by atoms with Gasteiger partial charge in [-0.2, -0.15) is 0 Å². The summed E-state index contributed by atoms with van der Waals surface area (Å²) in [4.78, 5) is 15.3. The lowest BCUT2D eigenvalue weighted by Crippen LogP contribution is -2.19. The van der Waals surface area contributed by atoms with Gasteiger partial charge in [0.25, 0.3) is 0 Å². The summed E-state index contributed by atoms with van der Waals surface area (Å²) in [5.41, 5.74) is 0.828. The van der Waals surface area contributed by atoms with Crippen molar-refractivity contribution in [3.05, 3.63) is 40.9 Å². The van der Waals surface area contributed by atoms with Gasteiger partial charge in [0, 0.05) is 5.38 Å². The summed E-state index contributed by atoms with van der Waals surface area (Å²) in [5.74, 6) is 1.20. The first kappa shape index (κ1) is 11.6. The molecule has 1 N–H and O–H groups in total. The van der Waals surface area contributed by atoms with E-state index in [9.17, 15) is 4.79 Å². The molecule has 0 unspecified atom stereocenters. The molecule has 0 radical (unpaired) electrons.